The van der Waals surface area contributed by atoms with Crippen LogP contribution in [0.15, 0.2) is 37.0 Å². The Kier molecular flexibility index (Phi) is 14.0. The maximum Gasteiger partial charge on any atom is 0.140 e. The molecule has 0 aliphatic carbocycles. The molecular weight excluding hydrogens is 498 g/mol. The molecule has 0 spiro atoms. The van der Waals surface area contributed by atoms with Crippen molar-refractivity contribution in [1.82, 2.24) is 15.0 Å². The van der Waals surface area contributed by atoms with E-state index >= 15 is 0 Å². The van der Waals surface area contributed by atoms with Crippen LogP contribution in [-0.4, -0.2) is 80.2 Å². The zero-order valence-electron chi connectivity index (χ0n) is 24.7. The van der Waals surface area contributed by atoms with Crippen LogP contribution in [0.2, 0.25) is 0 Å². The summed E-state index contributed by atoms with van der Waals surface area (Å²) in [4.78, 5) is 11.8. The number of nitrogens with zero attached hydrogens (tertiary/aromatic N) is 3. The molecule has 2 rings (SSSR count). The molecule has 1 aromatic carbocycles. The van der Waals surface area contributed by atoms with Gasteiger partial charge in [0, 0.05) is 11.8 Å². The number of hydrogen-bond donors (Lipinski definition) is 0. The predicted molar refractivity (Wildman–Crippen MR) is 152 cm³/mol. The summed E-state index contributed by atoms with van der Waals surface area (Å²) < 4.78 is 29.3. The van der Waals surface area contributed by atoms with Crippen LogP contribution in [0.4, 0.5) is 0 Å². The third-order valence-electron chi connectivity index (χ3n) is 5.97. The molecule has 2 aromatic rings. The lowest BCUT2D eigenvalue weighted by Gasteiger charge is -2.22. The maximum atomic E-state index is 11.8. The Morgan fingerprint density at radius 2 is 1.23 bits per heavy atom. The summed E-state index contributed by atoms with van der Waals surface area (Å²) in [7, 11) is 0. The third kappa shape index (κ3) is 13.0. The van der Waals surface area contributed by atoms with Crippen molar-refractivity contribution in [2.24, 2.45) is 10.8 Å². The average Bonchev–Trinajstić information content (AvgIpc) is 3.35. The largest absolute Gasteiger partial charge is 0.379 e. The SMILES string of the molecule is C=C(c1ccc(-n2cc(COCCOCCOCCOCCOCCC(=O)C(C)(C)C)nn2)cc1)C(C)(C)C. The zero-order chi connectivity index (χ0) is 28.7. The van der Waals surface area contributed by atoms with Crippen LogP contribution in [0.5, 0.6) is 0 Å². The molecule has 0 aliphatic rings. The van der Waals surface area contributed by atoms with Gasteiger partial charge in [-0.25, -0.2) is 4.68 Å². The van der Waals surface area contributed by atoms with E-state index in [1.807, 2.05) is 39.1 Å². The lowest BCUT2D eigenvalue weighted by molar-refractivity contribution is -0.127. The molecule has 0 radical (unpaired) electrons. The minimum atomic E-state index is -0.312. The second kappa shape index (κ2) is 16.6. The predicted octanol–water partition coefficient (Wildman–Crippen LogP) is 4.91. The van der Waals surface area contributed by atoms with Crippen molar-refractivity contribution < 1.29 is 28.5 Å². The lowest BCUT2D eigenvalue weighted by atomic mass is 9.83. The van der Waals surface area contributed by atoms with Crippen molar-refractivity contribution in [3.8, 4) is 5.69 Å². The van der Waals surface area contributed by atoms with Gasteiger partial charge in [-0.05, 0) is 28.7 Å². The van der Waals surface area contributed by atoms with Gasteiger partial charge < -0.3 is 23.7 Å². The molecule has 0 atom stereocenters. The molecule has 0 unspecified atom stereocenters. The number of allylic oxidation sites excluding steroid dienone is 1. The van der Waals surface area contributed by atoms with Crippen molar-refractivity contribution in [3.63, 3.8) is 0 Å². The van der Waals surface area contributed by atoms with Crippen LogP contribution in [0.3, 0.4) is 0 Å². The highest BCUT2D eigenvalue weighted by Crippen LogP contribution is 2.32. The number of Topliss-reactive ketones (excluding diaryl/α,β-unsaturated/α-hetero) is 1. The second-order valence-corrected chi connectivity index (χ2v) is 11.4. The van der Waals surface area contributed by atoms with Gasteiger partial charge in [0.1, 0.15) is 11.5 Å². The van der Waals surface area contributed by atoms with Gasteiger partial charge in [-0.1, -0.05) is 65.5 Å². The Morgan fingerprint density at radius 1 is 0.744 bits per heavy atom. The number of carbonyl (C=O) groups excluding carboxylic acids is 1. The molecule has 9 nitrogen and oxygen atoms in total. The minimum Gasteiger partial charge on any atom is -0.379 e. The van der Waals surface area contributed by atoms with Crippen molar-refractivity contribution >= 4 is 11.4 Å². The summed E-state index contributed by atoms with van der Waals surface area (Å²) in [5, 5.41) is 8.38. The molecule has 218 valence electrons. The summed E-state index contributed by atoms with van der Waals surface area (Å²) in [5.41, 5.74) is 3.63. The summed E-state index contributed by atoms with van der Waals surface area (Å²) in [6, 6.07) is 8.15. The van der Waals surface area contributed by atoms with E-state index in [2.05, 4.69) is 49.8 Å². The first kappa shape index (κ1) is 32.8. The van der Waals surface area contributed by atoms with E-state index < -0.39 is 0 Å². The van der Waals surface area contributed by atoms with E-state index in [0.29, 0.717) is 72.5 Å². The van der Waals surface area contributed by atoms with Gasteiger partial charge in [-0.2, -0.15) is 0 Å². The standard InChI is InChI=1S/C30H47N3O6/c1-24(29(2,3)4)25-8-10-27(11-9-25)33-22-26(31-32-33)23-39-21-20-38-19-18-37-17-16-36-15-14-35-13-12-28(34)30(5,6)7/h8-11,22H,1,12-21,23H2,2-7H3. The number of carbonyl (C=O) groups is 1. The first-order chi connectivity index (χ1) is 18.5. The van der Waals surface area contributed by atoms with Crippen molar-refractivity contribution in [2.45, 2.75) is 54.6 Å². The van der Waals surface area contributed by atoms with Crippen LogP contribution in [0.25, 0.3) is 11.3 Å². The first-order valence-corrected chi connectivity index (χ1v) is 13.6. The maximum absolute atomic E-state index is 11.8. The van der Waals surface area contributed by atoms with Crippen molar-refractivity contribution in [2.75, 3.05) is 59.5 Å². The molecular formula is C30H47N3O6. The van der Waals surface area contributed by atoms with E-state index in [-0.39, 0.29) is 16.6 Å². The topological polar surface area (TPSA) is 93.9 Å². The minimum absolute atomic E-state index is 0.0259. The van der Waals surface area contributed by atoms with Gasteiger partial charge in [0.15, 0.2) is 0 Å². The molecule has 0 bridgehead atoms. The first-order valence-electron chi connectivity index (χ1n) is 13.6. The fourth-order valence-electron chi connectivity index (χ4n) is 3.34. The third-order valence-corrected chi connectivity index (χ3v) is 5.97. The van der Waals surface area contributed by atoms with Crippen molar-refractivity contribution in [1.29, 1.82) is 0 Å². The molecule has 9 heteroatoms. The highest BCUT2D eigenvalue weighted by Gasteiger charge is 2.20. The Bertz CT molecular complexity index is 989. The number of hydrogen-bond acceptors (Lipinski definition) is 8. The molecule has 0 saturated heterocycles. The molecule has 0 N–H and O–H groups in total. The number of ketones is 1. The number of benzene rings is 1. The summed E-state index contributed by atoms with van der Waals surface area (Å²) >= 11 is 0. The fourth-order valence-corrected chi connectivity index (χ4v) is 3.34. The van der Waals surface area contributed by atoms with Gasteiger partial charge >= 0.3 is 0 Å². The normalized spacial score (nSPS) is 12.2. The fraction of sp³-hybridized carbons (Fsp3) is 0.633. The molecule has 0 saturated carbocycles. The Labute approximate surface area is 233 Å². The molecule has 1 aromatic heterocycles. The number of aromatic nitrogens is 3. The Morgan fingerprint density at radius 3 is 1.72 bits per heavy atom. The van der Waals surface area contributed by atoms with E-state index in [9.17, 15) is 4.79 Å². The van der Waals surface area contributed by atoms with E-state index in [1.54, 1.807) is 4.68 Å². The molecule has 1 heterocycles. The molecule has 0 aliphatic heterocycles. The van der Waals surface area contributed by atoms with Gasteiger partial charge in [0.25, 0.3) is 0 Å². The molecule has 39 heavy (non-hydrogen) atoms. The Hall–Kier alpha value is -2.43. The quantitative estimate of drug-likeness (QED) is 0.230. The monoisotopic (exact) mass is 545 g/mol. The van der Waals surface area contributed by atoms with Gasteiger partial charge in [-0.15, -0.1) is 5.10 Å². The van der Waals surface area contributed by atoms with Crippen LogP contribution in [-0.2, 0) is 35.1 Å². The number of rotatable bonds is 19. The van der Waals surface area contributed by atoms with Crippen LogP contribution in [0.1, 0.15) is 59.2 Å². The zero-order valence-corrected chi connectivity index (χ0v) is 24.7. The van der Waals surface area contributed by atoms with E-state index in [1.165, 1.54) is 0 Å². The highest BCUT2D eigenvalue weighted by molar-refractivity contribution is 5.83. The second-order valence-electron chi connectivity index (χ2n) is 11.4. The van der Waals surface area contributed by atoms with Crippen molar-refractivity contribution in [3.05, 3.63) is 48.3 Å². The number of ether oxygens (including phenoxy) is 5. The van der Waals surface area contributed by atoms with E-state index in [4.69, 9.17) is 23.7 Å². The van der Waals surface area contributed by atoms with Crippen LogP contribution in [0, 0.1) is 10.8 Å². The van der Waals surface area contributed by atoms with Gasteiger partial charge in [0.05, 0.1) is 78.0 Å². The summed E-state index contributed by atoms with van der Waals surface area (Å²) in [6.07, 6.45) is 2.30. The Balaban J connectivity index is 1.44. The van der Waals surface area contributed by atoms with Crippen LogP contribution < -0.4 is 0 Å². The average molecular weight is 546 g/mol. The molecule has 0 amide bonds. The lowest BCUT2D eigenvalue weighted by Crippen LogP contribution is -2.22. The van der Waals surface area contributed by atoms with Gasteiger partial charge in [-0.3, -0.25) is 4.79 Å². The smallest absolute Gasteiger partial charge is 0.140 e. The van der Waals surface area contributed by atoms with Gasteiger partial charge in [0.2, 0.25) is 0 Å². The van der Waals surface area contributed by atoms with Crippen LogP contribution >= 0.6 is 0 Å². The summed E-state index contributed by atoms with van der Waals surface area (Å²) in [6.45, 7) is 21.1. The molecule has 0 fully saturated rings. The van der Waals surface area contributed by atoms with E-state index in [0.717, 1.165) is 22.5 Å². The highest BCUT2D eigenvalue weighted by atomic mass is 16.6. The summed E-state index contributed by atoms with van der Waals surface area (Å²) in [5.74, 6) is 0.205.